The summed E-state index contributed by atoms with van der Waals surface area (Å²) in [5.41, 5.74) is 0. The van der Waals surface area contributed by atoms with Gasteiger partial charge in [-0.1, -0.05) is 26.7 Å². The van der Waals surface area contributed by atoms with Crippen LogP contribution < -0.4 is 16.0 Å². The third-order valence-electron chi connectivity index (χ3n) is 4.62. The van der Waals surface area contributed by atoms with Gasteiger partial charge in [-0.15, -0.1) is 0 Å². The molecular formula is C16H29N3O2. The minimum absolute atomic E-state index is 0.0309. The Morgan fingerprint density at radius 2 is 1.90 bits per heavy atom. The molecule has 2 fully saturated rings. The zero-order valence-electron chi connectivity index (χ0n) is 13.4. The summed E-state index contributed by atoms with van der Waals surface area (Å²) in [6.07, 6.45) is 5.86. The maximum absolute atomic E-state index is 12.3. The van der Waals surface area contributed by atoms with Crippen molar-refractivity contribution in [3.8, 4) is 0 Å². The van der Waals surface area contributed by atoms with Gasteiger partial charge >= 0.3 is 0 Å². The van der Waals surface area contributed by atoms with Crippen molar-refractivity contribution < 1.29 is 9.59 Å². The highest BCUT2D eigenvalue weighted by atomic mass is 16.2. The lowest BCUT2D eigenvalue weighted by molar-refractivity contribution is -0.129. The van der Waals surface area contributed by atoms with Gasteiger partial charge in [-0.3, -0.25) is 9.59 Å². The lowest BCUT2D eigenvalue weighted by atomic mass is 9.85. The monoisotopic (exact) mass is 295 g/mol. The van der Waals surface area contributed by atoms with Gasteiger partial charge in [0.15, 0.2) is 0 Å². The van der Waals surface area contributed by atoms with E-state index >= 15 is 0 Å². The third kappa shape index (κ3) is 4.43. The summed E-state index contributed by atoms with van der Waals surface area (Å²) in [5, 5.41) is 9.14. The average molecular weight is 295 g/mol. The Hall–Kier alpha value is -1.10. The van der Waals surface area contributed by atoms with Gasteiger partial charge in [-0.2, -0.15) is 0 Å². The minimum atomic E-state index is -0.472. The van der Waals surface area contributed by atoms with Crippen molar-refractivity contribution in [2.24, 2.45) is 11.8 Å². The predicted molar refractivity (Wildman–Crippen MR) is 82.7 cm³/mol. The van der Waals surface area contributed by atoms with E-state index in [0.717, 1.165) is 6.42 Å². The quantitative estimate of drug-likeness (QED) is 0.713. The van der Waals surface area contributed by atoms with Crippen LogP contribution in [0, 0.1) is 11.8 Å². The van der Waals surface area contributed by atoms with E-state index in [0.29, 0.717) is 24.4 Å². The highest BCUT2D eigenvalue weighted by Crippen LogP contribution is 2.33. The van der Waals surface area contributed by atoms with Gasteiger partial charge < -0.3 is 16.0 Å². The first-order valence-electron chi connectivity index (χ1n) is 8.31. The number of hydrogen-bond acceptors (Lipinski definition) is 3. The zero-order chi connectivity index (χ0) is 15.4. The van der Waals surface area contributed by atoms with Crippen LogP contribution in [0.2, 0.25) is 0 Å². The molecule has 4 atom stereocenters. The standard InChI is InChI=1S/C16H29N3O2/c1-10(2)9-17-15(20)11(3)18-16(21)14-8-12-6-4-5-7-13(12)19-14/h10-14,19H,4-9H2,1-3H3,(H,17,20)(H,18,21). The van der Waals surface area contributed by atoms with Crippen molar-refractivity contribution in [2.45, 2.75) is 71.0 Å². The summed E-state index contributed by atoms with van der Waals surface area (Å²) in [7, 11) is 0. The van der Waals surface area contributed by atoms with E-state index < -0.39 is 6.04 Å². The summed E-state index contributed by atoms with van der Waals surface area (Å²) in [6, 6.07) is -0.0984. The van der Waals surface area contributed by atoms with Gasteiger partial charge in [0.2, 0.25) is 11.8 Å². The second kappa shape index (κ2) is 7.25. The number of carbonyl (C=O) groups is 2. The Labute approximate surface area is 127 Å². The molecule has 0 aromatic rings. The second-order valence-corrected chi connectivity index (χ2v) is 6.98. The highest BCUT2D eigenvalue weighted by Gasteiger charge is 2.38. The Bertz CT molecular complexity index is 370. The van der Waals surface area contributed by atoms with Crippen LogP contribution in [0.4, 0.5) is 0 Å². The maximum Gasteiger partial charge on any atom is 0.242 e. The first kappa shape index (κ1) is 16.3. The van der Waals surface area contributed by atoms with Crippen LogP contribution in [0.1, 0.15) is 52.9 Å². The SMILES string of the molecule is CC(C)CNC(=O)C(C)NC(=O)C1CC2CCCCC2N1. The molecule has 1 saturated heterocycles. The molecule has 1 aliphatic carbocycles. The summed E-state index contributed by atoms with van der Waals surface area (Å²) in [6.45, 7) is 6.49. The van der Waals surface area contributed by atoms with Gasteiger partial charge in [0.05, 0.1) is 6.04 Å². The molecule has 1 aliphatic heterocycles. The summed E-state index contributed by atoms with van der Waals surface area (Å²) in [5.74, 6) is 0.917. The second-order valence-electron chi connectivity index (χ2n) is 6.98. The molecule has 5 nitrogen and oxygen atoms in total. The highest BCUT2D eigenvalue weighted by molar-refractivity contribution is 5.89. The van der Waals surface area contributed by atoms with Gasteiger partial charge in [-0.05, 0) is 38.0 Å². The van der Waals surface area contributed by atoms with Crippen LogP contribution in [-0.4, -0.2) is 36.5 Å². The van der Waals surface area contributed by atoms with Crippen molar-refractivity contribution in [1.29, 1.82) is 0 Å². The van der Waals surface area contributed by atoms with Gasteiger partial charge in [0.25, 0.3) is 0 Å². The molecule has 2 aliphatic rings. The Morgan fingerprint density at radius 3 is 2.57 bits per heavy atom. The van der Waals surface area contributed by atoms with Crippen LogP contribution in [0.25, 0.3) is 0 Å². The summed E-state index contributed by atoms with van der Waals surface area (Å²) < 4.78 is 0. The molecular weight excluding hydrogens is 266 g/mol. The van der Waals surface area contributed by atoms with Crippen molar-refractivity contribution in [2.75, 3.05) is 6.54 Å². The topological polar surface area (TPSA) is 70.2 Å². The number of fused-ring (bicyclic) bond motifs is 1. The summed E-state index contributed by atoms with van der Waals surface area (Å²) >= 11 is 0. The van der Waals surface area contributed by atoms with E-state index in [9.17, 15) is 9.59 Å². The van der Waals surface area contributed by atoms with Gasteiger partial charge in [-0.25, -0.2) is 0 Å². The fourth-order valence-corrected chi connectivity index (χ4v) is 3.36. The third-order valence-corrected chi connectivity index (χ3v) is 4.62. The van der Waals surface area contributed by atoms with Crippen LogP contribution in [0.5, 0.6) is 0 Å². The van der Waals surface area contributed by atoms with Crippen molar-refractivity contribution in [3.63, 3.8) is 0 Å². The predicted octanol–water partition coefficient (Wildman–Crippen LogP) is 1.18. The Kier molecular flexibility index (Phi) is 5.62. The molecule has 0 spiro atoms. The molecule has 5 heteroatoms. The first-order valence-corrected chi connectivity index (χ1v) is 8.31. The fraction of sp³-hybridized carbons (Fsp3) is 0.875. The van der Waals surface area contributed by atoms with Gasteiger partial charge in [0, 0.05) is 12.6 Å². The van der Waals surface area contributed by atoms with Crippen molar-refractivity contribution in [3.05, 3.63) is 0 Å². The lowest BCUT2D eigenvalue weighted by Crippen LogP contribution is -2.51. The fourth-order valence-electron chi connectivity index (χ4n) is 3.36. The number of carbonyl (C=O) groups excluding carboxylic acids is 2. The average Bonchev–Trinajstić information content (AvgIpc) is 2.88. The Balaban J connectivity index is 1.77. The smallest absolute Gasteiger partial charge is 0.242 e. The molecule has 0 radical (unpaired) electrons. The van der Waals surface area contributed by atoms with E-state index in [2.05, 4.69) is 16.0 Å². The molecule has 4 unspecified atom stereocenters. The molecule has 2 rings (SSSR count). The van der Waals surface area contributed by atoms with E-state index in [-0.39, 0.29) is 17.9 Å². The molecule has 120 valence electrons. The van der Waals surface area contributed by atoms with E-state index in [1.165, 1.54) is 25.7 Å². The molecule has 21 heavy (non-hydrogen) atoms. The zero-order valence-corrected chi connectivity index (χ0v) is 13.4. The van der Waals surface area contributed by atoms with Crippen LogP contribution in [0.15, 0.2) is 0 Å². The molecule has 2 amide bonds. The number of amides is 2. The Morgan fingerprint density at radius 1 is 1.19 bits per heavy atom. The first-order chi connectivity index (χ1) is 9.97. The van der Waals surface area contributed by atoms with E-state index in [1.807, 2.05) is 13.8 Å². The van der Waals surface area contributed by atoms with Crippen LogP contribution >= 0.6 is 0 Å². The van der Waals surface area contributed by atoms with Crippen LogP contribution in [-0.2, 0) is 9.59 Å². The maximum atomic E-state index is 12.3. The molecule has 0 bridgehead atoms. The number of hydrogen-bond donors (Lipinski definition) is 3. The van der Waals surface area contributed by atoms with Crippen molar-refractivity contribution in [1.82, 2.24) is 16.0 Å². The van der Waals surface area contributed by atoms with E-state index in [4.69, 9.17) is 0 Å². The normalized spacial score (nSPS) is 29.8. The van der Waals surface area contributed by atoms with Crippen molar-refractivity contribution >= 4 is 11.8 Å². The van der Waals surface area contributed by atoms with Gasteiger partial charge in [0.1, 0.15) is 6.04 Å². The lowest BCUT2D eigenvalue weighted by Gasteiger charge is -2.24. The largest absolute Gasteiger partial charge is 0.354 e. The number of nitrogens with one attached hydrogen (secondary N) is 3. The van der Waals surface area contributed by atoms with Crippen LogP contribution in [0.3, 0.4) is 0 Å². The minimum Gasteiger partial charge on any atom is -0.354 e. The molecule has 0 aromatic heterocycles. The molecule has 1 heterocycles. The molecule has 1 saturated carbocycles. The van der Waals surface area contributed by atoms with E-state index in [1.54, 1.807) is 6.92 Å². The number of rotatable bonds is 5. The molecule has 0 aromatic carbocycles. The summed E-state index contributed by atoms with van der Waals surface area (Å²) in [4.78, 5) is 24.2. The molecule has 3 N–H and O–H groups in total.